The third kappa shape index (κ3) is 3.31. The van der Waals surface area contributed by atoms with E-state index >= 15 is 0 Å². The van der Waals surface area contributed by atoms with Crippen molar-refractivity contribution in [1.82, 2.24) is 9.55 Å². The van der Waals surface area contributed by atoms with E-state index in [1.807, 2.05) is 24.6 Å². The van der Waals surface area contributed by atoms with E-state index in [0.717, 1.165) is 12.1 Å². The van der Waals surface area contributed by atoms with E-state index in [2.05, 4.69) is 10.3 Å². The van der Waals surface area contributed by atoms with E-state index in [1.54, 1.807) is 12.3 Å². The number of anilines is 1. The standard InChI is InChI=1S/C14H16F3N3/c1-10(2)20-7-6-18-13(20)19-9-11-4-3-5-12(8-11)14(15,16)17/h3-8,10H,9H2,1-2H3,(H,18,19). The maximum Gasteiger partial charge on any atom is 0.416 e. The first-order valence-electron chi connectivity index (χ1n) is 6.31. The first-order valence-corrected chi connectivity index (χ1v) is 6.31. The van der Waals surface area contributed by atoms with Gasteiger partial charge in [0, 0.05) is 25.0 Å². The molecule has 0 aliphatic heterocycles. The minimum atomic E-state index is -4.31. The molecule has 0 spiro atoms. The molecule has 1 heterocycles. The first kappa shape index (κ1) is 14.4. The van der Waals surface area contributed by atoms with Crippen LogP contribution in [0.15, 0.2) is 36.7 Å². The van der Waals surface area contributed by atoms with Crippen molar-refractivity contribution in [3.05, 3.63) is 47.8 Å². The molecule has 1 aromatic heterocycles. The van der Waals surface area contributed by atoms with Gasteiger partial charge in [-0.3, -0.25) is 0 Å². The van der Waals surface area contributed by atoms with Gasteiger partial charge in [0.15, 0.2) is 0 Å². The van der Waals surface area contributed by atoms with Crippen molar-refractivity contribution in [3.63, 3.8) is 0 Å². The minimum absolute atomic E-state index is 0.238. The number of rotatable bonds is 4. The summed E-state index contributed by atoms with van der Waals surface area (Å²) in [6.07, 6.45) is -0.819. The Kier molecular flexibility index (Phi) is 4.01. The molecule has 0 fully saturated rings. The van der Waals surface area contributed by atoms with Crippen LogP contribution in [-0.4, -0.2) is 9.55 Å². The predicted molar refractivity (Wildman–Crippen MR) is 71.4 cm³/mol. The van der Waals surface area contributed by atoms with Gasteiger partial charge in [-0.25, -0.2) is 4.98 Å². The lowest BCUT2D eigenvalue weighted by atomic mass is 10.1. The molecule has 0 amide bonds. The molecule has 6 heteroatoms. The Morgan fingerprint density at radius 2 is 2.05 bits per heavy atom. The summed E-state index contributed by atoms with van der Waals surface area (Å²) in [5.41, 5.74) is -0.0675. The Morgan fingerprint density at radius 1 is 1.30 bits per heavy atom. The molecule has 0 bridgehead atoms. The largest absolute Gasteiger partial charge is 0.416 e. The van der Waals surface area contributed by atoms with E-state index in [0.29, 0.717) is 18.1 Å². The fourth-order valence-electron chi connectivity index (χ4n) is 1.91. The van der Waals surface area contributed by atoms with Crippen LogP contribution in [0.4, 0.5) is 19.1 Å². The first-order chi connectivity index (χ1) is 9.38. The van der Waals surface area contributed by atoms with Gasteiger partial charge in [0.05, 0.1) is 5.56 Å². The van der Waals surface area contributed by atoms with Crippen molar-refractivity contribution in [1.29, 1.82) is 0 Å². The van der Waals surface area contributed by atoms with Crippen LogP contribution in [0.2, 0.25) is 0 Å². The summed E-state index contributed by atoms with van der Waals surface area (Å²) in [7, 11) is 0. The number of aromatic nitrogens is 2. The van der Waals surface area contributed by atoms with Crippen LogP contribution in [0, 0.1) is 0 Å². The number of hydrogen-bond acceptors (Lipinski definition) is 2. The monoisotopic (exact) mass is 283 g/mol. The van der Waals surface area contributed by atoms with E-state index < -0.39 is 11.7 Å². The van der Waals surface area contributed by atoms with Crippen molar-refractivity contribution in [3.8, 4) is 0 Å². The molecule has 0 aliphatic rings. The fourth-order valence-corrected chi connectivity index (χ4v) is 1.91. The normalized spacial score (nSPS) is 11.9. The molecular formula is C14H16F3N3. The molecule has 1 aromatic carbocycles. The smallest absolute Gasteiger partial charge is 0.352 e. The van der Waals surface area contributed by atoms with Gasteiger partial charge in [0.25, 0.3) is 0 Å². The summed E-state index contributed by atoms with van der Waals surface area (Å²) in [6, 6.07) is 5.52. The Bertz CT molecular complexity index is 573. The second kappa shape index (κ2) is 5.56. The van der Waals surface area contributed by atoms with Crippen LogP contribution in [0.25, 0.3) is 0 Å². The van der Waals surface area contributed by atoms with Gasteiger partial charge < -0.3 is 9.88 Å². The summed E-state index contributed by atoms with van der Waals surface area (Å²) in [6.45, 7) is 4.32. The molecule has 0 aliphatic carbocycles. The lowest BCUT2D eigenvalue weighted by Gasteiger charge is -2.13. The highest BCUT2D eigenvalue weighted by atomic mass is 19.4. The average molecular weight is 283 g/mol. The van der Waals surface area contributed by atoms with Gasteiger partial charge in [-0.15, -0.1) is 0 Å². The van der Waals surface area contributed by atoms with Gasteiger partial charge in [0.1, 0.15) is 0 Å². The van der Waals surface area contributed by atoms with Crippen LogP contribution in [-0.2, 0) is 12.7 Å². The second-order valence-electron chi connectivity index (χ2n) is 4.80. The van der Waals surface area contributed by atoms with Crippen LogP contribution in [0.5, 0.6) is 0 Å². The maximum atomic E-state index is 12.6. The van der Waals surface area contributed by atoms with E-state index in [9.17, 15) is 13.2 Å². The zero-order valence-corrected chi connectivity index (χ0v) is 11.3. The summed E-state index contributed by atoms with van der Waals surface area (Å²) >= 11 is 0. The molecule has 2 rings (SSSR count). The topological polar surface area (TPSA) is 29.9 Å². The zero-order chi connectivity index (χ0) is 14.8. The molecule has 0 unspecified atom stereocenters. The van der Waals surface area contributed by atoms with E-state index in [1.165, 1.54) is 6.07 Å². The molecule has 1 N–H and O–H groups in total. The second-order valence-corrected chi connectivity index (χ2v) is 4.80. The molecule has 0 saturated carbocycles. The lowest BCUT2D eigenvalue weighted by Crippen LogP contribution is -2.10. The SMILES string of the molecule is CC(C)n1ccnc1NCc1cccc(C(F)(F)F)c1. The molecule has 0 radical (unpaired) electrons. The van der Waals surface area contributed by atoms with Crippen LogP contribution < -0.4 is 5.32 Å². The molecule has 0 atom stereocenters. The van der Waals surface area contributed by atoms with Gasteiger partial charge in [-0.2, -0.15) is 13.2 Å². The summed E-state index contributed by atoms with van der Waals surface area (Å²) in [5, 5.41) is 3.05. The summed E-state index contributed by atoms with van der Waals surface area (Å²) in [4.78, 5) is 4.15. The average Bonchev–Trinajstić information content (AvgIpc) is 2.84. The Morgan fingerprint density at radius 3 is 2.70 bits per heavy atom. The molecule has 0 saturated heterocycles. The third-order valence-corrected chi connectivity index (χ3v) is 2.93. The van der Waals surface area contributed by atoms with Gasteiger partial charge in [0.2, 0.25) is 5.95 Å². The van der Waals surface area contributed by atoms with Crippen LogP contribution in [0.3, 0.4) is 0 Å². The highest BCUT2D eigenvalue weighted by Gasteiger charge is 2.30. The Hall–Kier alpha value is -1.98. The number of benzene rings is 1. The molecule has 20 heavy (non-hydrogen) atoms. The number of alkyl halides is 3. The molecule has 3 nitrogen and oxygen atoms in total. The van der Waals surface area contributed by atoms with Crippen LogP contribution in [0.1, 0.15) is 31.0 Å². The van der Waals surface area contributed by atoms with Gasteiger partial charge >= 0.3 is 6.18 Å². The quantitative estimate of drug-likeness (QED) is 0.915. The van der Waals surface area contributed by atoms with Crippen LogP contribution >= 0.6 is 0 Å². The summed E-state index contributed by atoms with van der Waals surface area (Å²) < 4.78 is 39.8. The highest BCUT2D eigenvalue weighted by Crippen LogP contribution is 2.29. The van der Waals surface area contributed by atoms with Crippen molar-refractivity contribution in [2.45, 2.75) is 32.6 Å². The van der Waals surface area contributed by atoms with Crippen molar-refractivity contribution < 1.29 is 13.2 Å². The minimum Gasteiger partial charge on any atom is -0.352 e. The number of imidazole rings is 1. The molecule has 108 valence electrons. The number of hydrogen-bond donors (Lipinski definition) is 1. The maximum absolute atomic E-state index is 12.6. The molecular weight excluding hydrogens is 267 g/mol. The number of halogens is 3. The summed E-state index contributed by atoms with van der Waals surface area (Å²) in [5.74, 6) is 0.650. The van der Waals surface area contributed by atoms with Crippen molar-refractivity contribution in [2.24, 2.45) is 0 Å². The zero-order valence-electron chi connectivity index (χ0n) is 11.3. The number of nitrogens with one attached hydrogen (secondary N) is 1. The molecule has 2 aromatic rings. The lowest BCUT2D eigenvalue weighted by molar-refractivity contribution is -0.137. The Balaban J connectivity index is 2.09. The van der Waals surface area contributed by atoms with Crippen molar-refractivity contribution >= 4 is 5.95 Å². The predicted octanol–water partition coefficient (Wildman–Crippen LogP) is 4.09. The number of nitrogens with zero attached hydrogens (tertiary/aromatic N) is 2. The van der Waals surface area contributed by atoms with Gasteiger partial charge in [-0.1, -0.05) is 12.1 Å². The van der Waals surface area contributed by atoms with E-state index in [4.69, 9.17) is 0 Å². The third-order valence-electron chi connectivity index (χ3n) is 2.93. The van der Waals surface area contributed by atoms with Crippen molar-refractivity contribution in [2.75, 3.05) is 5.32 Å². The highest BCUT2D eigenvalue weighted by molar-refractivity contribution is 5.32. The van der Waals surface area contributed by atoms with Gasteiger partial charge in [-0.05, 0) is 31.5 Å². The fraction of sp³-hybridized carbons (Fsp3) is 0.357. The Labute approximate surface area is 115 Å². The van der Waals surface area contributed by atoms with E-state index in [-0.39, 0.29) is 6.04 Å².